The van der Waals surface area contributed by atoms with E-state index in [0.717, 1.165) is 0 Å². The first kappa shape index (κ1) is 29.5. The van der Waals surface area contributed by atoms with E-state index in [4.69, 9.17) is 19.6 Å². The minimum atomic E-state index is -5.05. The van der Waals surface area contributed by atoms with Crippen molar-refractivity contribution >= 4 is 74.8 Å². The molecular weight excluding hydrogens is 252 g/mol. The van der Waals surface area contributed by atoms with Gasteiger partial charge in [0.05, 0.1) is 0 Å². The Labute approximate surface area is 118 Å². The Bertz CT molecular complexity index is 156. The van der Waals surface area contributed by atoms with Gasteiger partial charge in [-0.25, -0.2) is 9.13 Å². The van der Waals surface area contributed by atoms with Gasteiger partial charge in [-0.3, -0.25) is 0 Å². The SMILES string of the molecule is O.O.O=P(O)(O)OP(=O)(O)O.[NaH].[NaH]. The van der Waals surface area contributed by atoms with E-state index in [1.54, 1.807) is 0 Å². The monoisotopic (exact) mass is 262 g/mol. The summed E-state index contributed by atoms with van der Waals surface area (Å²) < 4.78 is 22.2. The Morgan fingerprint density at radius 3 is 0.923 bits per heavy atom. The first-order chi connectivity index (χ1) is 3.71. The Balaban J connectivity index is -0.0000000533. The van der Waals surface area contributed by atoms with Crippen molar-refractivity contribution in [1.29, 1.82) is 0 Å². The summed E-state index contributed by atoms with van der Waals surface area (Å²) in [5.41, 5.74) is 0. The summed E-state index contributed by atoms with van der Waals surface area (Å²) in [4.78, 5) is 31.0. The van der Waals surface area contributed by atoms with Gasteiger partial charge < -0.3 is 30.5 Å². The zero-order valence-electron chi connectivity index (χ0n) is 4.91. The van der Waals surface area contributed by atoms with E-state index < -0.39 is 15.6 Å². The molecule has 0 aromatic rings. The summed E-state index contributed by atoms with van der Waals surface area (Å²) in [6, 6.07) is 0. The Kier molecular flexibility index (Phi) is 24.2. The van der Waals surface area contributed by atoms with Crippen molar-refractivity contribution in [3.05, 3.63) is 0 Å². The molecule has 0 aromatic heterocycles. The first-order valence-electron chi connectivity index (χ1n) is 1.53. The maximum absolute atomic E-state index is 9.63. The predicted octanol–water partition coefficient (Wildman–Crippen LogP) is -3.76. The van der Waals surface area contributed by atoms with Crippen LogP contribution in [0.3, 0.4) is 0 Å². The van der Waals surface area contributed by atoms with Crippen molar-refractivity contribution < 1.29 is 44.0 Å². The van der Waals surface area contributed by atoms with E-state index in [2.05, 4.69) is 4.31 Å². The van der Waals surface area contributed by atoms with Gasteiger partial charge in [0.15, 0.2) is 0 Å². The molecule has 0 aromatic carbocycles. The molecule has 0 saturated heterocycles. The third-order valence-corrected chi connectivity index (χ3v) is 1.91. The number of rotatable bonds is 2. The third-order valence-electron chi connectivity index (χ3n) is 0.213. The summed E-state index contributed by atoms with van der Waals surface area (Å²) in [6.45, 7) is 0. The molecule has 0 radical (unpaired) electrons. The van der Waals surface area contributed by atoms with Gasteiger partial charge in [-0.1, -0.05) is 0 Å². The van der Waals surface area contributed by atoms with Crippen molar-refractivity contribution in [2.24, 2.45) is 0 Å². The molecule has 13 heteroatoms. The Morgan fingerprint density at radius 1 is 0.769 bits per heavy atom. The van der Waals surface area contributed by atoms with Gasteiger partial charge in [-0.15, -0.1) is 0 Å². The van der Waals surface area contributed by atoms with Crippen LogP contribution in [-0.2, 0) is 13.4 Å². The molecule has 8 N–H and O–H groups in total. The van der Waals surface area contributed by atoms with Crippen LogP contribution in [0.5, 0.6) is 0 Å². The van der Waals surface area contributed by atoms with Gasteiger partial charge >= 0.3 is 74.8 Å². The molecule has 0 unspecified atom stereocenters. The second-order valence-corrected chi connectivity index (χ2v) is 3.68. The van der Waals surface area contributed by atoms with Crippen LogP contribution in [0.1, 0.15) is 0 Å². The zero-order chi connectivity index (χ0) is 7.71. The van der Waals surface area contributed by atoms with E-state index >= 15 is 0 Å². The van der Waals surface area contributed by atoms with Crippen LogP contribution in [0, 0.1) is 0 Å². The quantitative estimate of drug-likeness (QED) is 0.290. The molecule has 76 valence electrons. The normalized spacial score (nSPS) is 9.54. The minimum absolute atomic E-state index is 0. The first-order valence-corrected chi connectivity index (χ1v) is 4.59. The molecule has 0 amide bonds. The van der Waals surface area contributed by atoms with Gasteiger partial charge in [-0.2, -0.15) is 4.31 Å². The molecular formula is H10Na2O9P2. The van der Waals surface area contributed by atoms with Crippen molar-refractivity contribution in [3.63, 3.8) is 0 Å². The van der Waals surface area contributed by atoms with Crippen LogP contribution in [0.4, 0.5) is 0 Å². The van der Waals surface area contributed by atoms with Crippen molar-refractivity contribution in [2.75, 3.05) is 0 Å². The maximum atomic E-state index is 9.63. The molecule has 0 heterocycles. The molecule has 0 saturated carbocycles. The van der Waals surface area contributed by atoms with Crippen LogP contribution in [0.15, 0.2) is 0 Å². The molecule has 13 heavy (non-hydrogen) atoms. The molecule has 0 bridgehead atoms. The fourth-order valence-corrected chi connectivity index (χ4v) is 1.25. The van der Waals surface area contributed by atoms with Gasteiger partial charge in [0.2, 0.25) is 0 Å². The molecule has 0 fully saturated rings. The fraction of sp³-hybridized carbons (Fsp3) is 0. The van der Waals surface area contributed by atoms with Crippen LogP contribution in [-0.4, -0.2) is 89.6 Å². The van der Waals surface area contributed by atoms with Crippen molar-refractivity contribution in [3.8, 4) is 0 Å². The van der Waals surface area contributed by atoms with Crippen molar-refractivity contribution in [1.82, 2.24) is 0 Å². The Hall–Kier alpha value is 2.18. The average Bonchev–Trinajstić information content (AvgIpc) is 1.14. The van der Waals surface area contributed by atoms with Crippen LogP contribution in [0.2, 0.25) is 0 Å². The van der Waals surface area contributed by atoms with Gasteiger partial charge in [0.25, 0.3) is 0 Å². The van der Waals surface area contributed by atoms with Crippen LogP contribution in [0.25, 0.3) is 0 Å². The molecule has 0 atom stereocenters. The third kappa shape index (κ3) is 31.4. The molecule has 0 spiro atoms. The van der Waals surface area contributed by atoms with Gasteiger partial charge in [0.1, 0.15) is 0 Å². The molecule has 0 aliphatic carbocycles. The van der Waals surface area contributed by atoms with E-state index in [9.17, 15) is 9.13 Å². The fourth-order valence-electron chi connectivity index (χ4n) is 0.139. The summed E-state index contributed by atoms with van der Waals surface area (Å²) in [5, 5.41) is 0. The number of phosphoric acid groups is 2. The summed E-state index contributed by atoms with van der Waals surface area (Å²) >= 11 is 0. The standard InChI is InChI=1S/2Na.H4O7P2.2H2O.2H/c;;1-8(2,3)7-9(4,5)6;;;;/h;;(H2,1,2,3)(H2,4,5,6);2*1H2;;. The molecule has 0 aliphatic rings. The second kappa shape index (κ2) is 10.7. The molecule has 0 aliphatic heterocycles. The predicted molar refractivity (Wildman–Crippen MR) is 46.7 cm³/mol. The number of hydrogen-bond donors (Lipinski definition) is 4. The zero-order valence-corrected chi connectivity index (χ0v) is 6.70. The average molecular weight is 262 g/mol. The van der Waals surface area contributed by atoms with Crippen molar-refractivity contribution in [2.45, 2.75) is 0 Å². The summed E-state index contributed by atoms with van der Waals surface area (Å²) in [6.07, 6.45) is 0. The number of hydrogen-bond acceptors (Lipinski definition) is 3. The van der Waals surface area contributed by atoms with E-state index in [-0.39, 0.29) is 70.1 Å². The van der Waals surface area contributed by atoms with E-state index in [1.807, 2.05) is 0 Å². The Morgan fingerprint density at radius 2 is 0.923 bits per heavy atom. The van der Waals surface area contributed by atoms with Gasteiger partial charge in [0, 0.05) is 0 Å². The van der Waals surface area contributed by atoms with E-state index in [0.29, 0.717) is 0 Å². The van der Waals surface area contributed by atoms with Gasteiger partial charge in [-0.05, 0) is 0 Å². The topological polar surface area (TPSA) is 187 Å². The van der Waals surface area contributed by atoms with E-state index in [1.165, 1.54) is 0 Å². The second-order valence-electron chi connectivity index (χ2n) is 1.06. The van der Waals surface area contributed by atoms with Crippen LogP contribution < -0.4 is 0 Å². The molecule has 0 rings (SSSR count). The summed E-state index contributed by atoms with van der Waals surface area (Å²) in [5.74, 6) is 0. The van der Waals surface area contributed by atoms with Crippen LogP contribution >= 0.6 is 15.6 Å². The summed E-state index contributed by atoms with van der Waals surface area (Å²) in [7, 11) is -10.1. The molecule has 9 nitrogen and oxygen atoms in total.